The summed E-state index contributed by atoms with van der Waals surface area (Å²) in [5, 5.41) is 24.0. The smallest absolute Gasteiger partial charge is 0.321 e. The van der Waals surface area contributed by atoms with Gasteiger partial charge in [0.15, 0.2) is 0 Å². The molecule has 15 heteroatoms. The van der Waals surface area contributed by atoms with E-state index in [9.17, 15) is 26.4 Å². The lowest BCUT2D eigenvalue weighted by Gasteiger charge is -2.01. The molecule has 0 aromatic heterocycles. The first-order valence-electron chi connectivity index (χ1n) is 5.60. The first-order chi connectivity index (χ1) is 10.4. The highest BCUT2D eigenvalue weighted by Gasteiger charge is 2.19. The summed E-state index contributed by atoms with van der Waals surface area (Å²) in [5.74, 6) is -4.67. The van der Waals surface area contributed by atoms with E-state index in [1.165, 1.54) is 6.92 Å². The van der Waals surface area contributed by atoms with E-state index in [0.717, 1.165) is 0 Å². The van der Waals surface area contributed by atoms with Gasteiger partial charge in [-0.25, -0.2) is 0 Å². The lowest BCUT2D eigenvalue weighted by molar-refractivity contribution is -0.138. The summed E-state index contributed by atoms with van der Waals surface area (Å²) in [6.07, 6.45) is 0. The molecular formula is C9H20N2O11S2. The highest BCUT2D eigenvalue weighted by molar-refractivity contribution is 7.86. The Labute approximate surface area is 138 Å². The molecule has 9 N–H and O–H groups in total. The summed E-state index contributed by atoms with van der Waals surface area (Å²) < 4.78 is 56.0. The van der Waals surface area contributed by atoms with Crippen molar-refractivity contribution in [1.29, 1.82) is 0 Å². The third-order valence-corrected chi connectivity index (χ3v) is 2.98. The molecule has 144 valence electrons. The first-order valence-corrected chi connectivity index (χ1v) is 8.82. The molecule has 24 heavy (non-hydrogen) atoms. The molecule has 0 amide bonds. The van der Waals surface area contributed by atoms with E-state index < -0.39 is 55.8 Å². The largest absolute Gasteiger partial charge is 0.513 e. The van der Waals surface area contributed by atoms with Crippen LogP contribution in [0.1, 0.15) is 6.92 Å². The Morgan fingerprint density at radius 1 is 0.875 bits per heavy atom. The Morgan fingerprint density at radius 3 is 1.08 bits per heavy atom. The van der Waals surface area contributed by atoms with Crippen molar-refractivity contribution in [3.05, 3.63) is 12.3 Å². The van der Waals surface area contributed by atoms with E-state index in [1.54, 1.807) is 0 Å². The molecule has 0 rings (SSSR count). The number of nitrogens with two attached hydrogens (primary N) is 2. The first kappa shape index (κ1) is 27.1. The van der Waals surface area contributed by atoms with E-state index in [-0.39, 0.29) is 5.76 Å². The second-order valence-electron chi connectivity index (χ2n) is 4.12. The van der Waals surface area contributed by atoms with Crippen LogP contribution in [-0.2, 0) is 29.8 Å². The Balaban J connectivity index is -0.000000301. The maximum Gasteiger partial charge on any atom is 0.321 e. The maximum absolute atomic E-state index is 9.96. The number of carboxylic acids is 2. The maximum atomic E-state index is 9.96. The van der Waals surface area contributed by atoms with Gasteiger partial charge in [0.05, 0.1) is 5.76 Å². The van der Waals surface area contributed by atoms with Crippen LogP contribution in [0.4, 0.5) is 0 Å². The fourth-order valence-electron chi connectivity index (χ4n) is 0.596. The van der Waals surface area contributed by atoms with Crippen LogP contribution in [-0.4, -0.2) is 76.8 Å². The minimum atomic E-state index is -4.27. The predicted molar refractivity (Wildman–Crippen MR) is 81.5 cm³/mol. The second-order valence-corrected chi connectivity index (χ2v) is 7.12. The van der Waals surface area contributed by atoms with Crippen LogP contribution < -0.4 is 11.5 Å². The van der Waals surface area contributed by atoms with Crippen LogP contribution in [0.25, 0.3) is 0 Å². The molecule has 13 nitrogen and oxygen atoms in total. The molecule has 0 unspecified atom stereocenters. The molecule has 0 bridgehead atoms. The molecule has 0 saturated carbocycles. The van der Waals surface area contributed by atoms with Gasteiger partial charge in [0.25, 0.3) is 20.2 Å². The Kier molecular flexibility index (Phi) is 13.2. The van der Waals surface area contributed by atoms with Crippen molar-refractivity contribution in [3.63, 3.8) is 0 Å². The van der Waals surface area contributed by atoms with Gasteiger partial charge >= 0.3 is 11.9 Å². The molecule has 0 radical (unpaired) electrons. The van der Waals surface area contributed by atoms with Gasteiger partial charge in [-0.15, -0.1) is 0 Å². The fourth-order valence-corrected chi connectivity index (χ4v) is 1.79. The van der Waals surface area contributed by atoms with Gasteiger partial charge in [-0.3, -0.25) is 18.7 Å². The quantitative estimate of drug-likeness (QED) is 0.183. The van der Waals surface area contributed by atoms with E-state index in [2.05, 4.69) is 6.58 Å². The Bertz CT molecular complexity index is 572. The lowest BCUT2D eigenvalue weighted by Crippen LogP contribution is -2.36. The number of rotatable bonds is 6. The highest BCUT2D eigenvalue weighted by Crippen LogP contribution is 1.87. The summed E-state index contributed by atoms with van der Waals surface area (Å²) in [4.78, 5) is 19.8. The number of aliphatic carboxylic acids is 2. The second kappa shape index (κ2) is 11.7. The number of aliphatic hydroxyl groups excluding tert-OH is 1. The monoisotopic (exact) mass is 396 g/mol. The predicted octanol–water partition coefficient (Wildman–Crippen LogP) is -2.35. The molecule has 0 fully saturated rings. The molecule has 0 aliphatic carbocycles. The van der Waals surface area contributed by atoms with E-state index in [1.807, 2.05) is 0 Å². The fraction of sp³-hybridized carbons (Fsp3) is 0.556. The average Bonchev–Trinajstić information content (AvgIpc) is 2.23. The Morgan fingerprint density at radius 2 is 1.04 bits per heavy atom. The van der Waals surface area contributed by atoms with Gasteiger partial charge in [0, 0.05) is 0 Å². The summed E-state index contributed by atoms with van der Waals surface area (Å²) in [6.45, 7) is 4.64. The zero-order valence-corrected chi connectivity index (χ0v) is 14.1. The zero-order chi connectivity index (χ0) is 20.3. The molecule has 0 heterocycles. The minimum absolute atomic E-state index is 0.167. The van der Waals surface area contributed by atoms with Gasteiger partial charge in [-0.05, 0) is 6.92 Å². The summed E-state index contributed by atoms with van der Waals surface area (Å²) in [7, 11) is -8.55. The summed E-state index contributed by atoms with van der Waals surface area (Å²) in [6, 6.07) is -3.12. The van der Waals surface area contributed by atoms with Crippen molar-refractivity contribution in [2.24, 2.45) is 11.5 Å². The topological polar surface area (TPSA) is 256 Å². The molecule has 0 aliphatic heterocycles. The zero-order valence-electron chi connectivity index (χ0n) is 12.4. The van der Waals surface area contributed by atoms with E-state index >= 15 is 0 Å². The average molecular weight is 396 g/mol. The molecular weight excluding hydrogens is 376 g/mol. The van der Waals surface area contributed by atoms with Gasteiger partial charge < -0.3 is 26.8 Å². The van der Waals surface area contributed by atoms with Gasteiger partial charge in [-0.2, -0.15) is 16.8 Å². The summed E-state index contributed by atoms with van der Waals surface area (Å²) in [5.41, 5.74) is 9.53. The van der Waals surface area contributed by atoms with Crippen LogP contribution in [0.15, 0.2) is 12.3 Å². The van der Waals surface area contributed by atoms with Crippen molar-refractivity contribution in [2.75, 3.05) is 11.5 Å². The lowest BCUT2D eigenvalue weighted by atomic mass is 10.4. The van der Waals surface area contributed by atoms with E-state index in [0.29, 0.717) is 0 Å². The molecule has 2 atom stereocenters. The van der Waals surface area contributed by atoms with Gasteiger partial charge in [0.1, 0.15) is 23.6 Å². The number of aliphatic hydroxyl groups is 1. The standard InChI is InChI=1S/2C3H7NO5S.C3H6O/c2*4-2(3(5)6)1-10(7,8)9;1-3(2)4/h2*2H,1,4H2,(H,5,6)(H,7,8,9);4H,1H2,2H3/t2*2-;/m00./s1. The van der Waals surface area contributed by atoms with Crippen molar-refractivity contribution in [3.8, 4) is 0 Å². The molecule has 0 saturated heterocycles. The SMILES string of the molecule is C=C(C)O.N[C@@H](CS(=O)(=O)O)C(=O)O.N[C@@H](CS(=O)(=O)O)C(=O)O. The van der Waals surface area contributed by atoms with Crippen LogP contribution in [0.2, 0.25) is 0 Å². The number of hydrogen-bond acceptors (Lipinski definition) is 9. The normalized spacial score (nSPS) is 13.2. The van der Waals surface area contributed by atoms with Crippen LogP contribution in [0.3, 0.4) is 0 Å². The molecule has 0 aliphatic rings. The minimum Gasteiger partial charge on any atom is -0.513 e. The number of carboxylic acid groups (broad SMARTS) is 2. The third kappa shape index (κ3) is 28.4. The number of carbonyl (C=O) groups is 2. The van der Waals surface area contributed by atoms with Crippen LogP contribution >= 0.6 is 0 Å². The van der Waals surface area contributed by atoms with Crippen molar-refractivity contribution >= 4 is 32.2 Å². The molecule has 0 aromatic rings. The number of hydrogen-bond donors (Lipinski definition) is 7. The van der Waals surface area contributed by atoms with Crippen LogP contribution in [0, 0.1) is 0 Å². The third-order valence-electron chi connectivity index (χ3n) is 1.41. The van der Waals surface area contributed by atoms with Crippen molar-refractivity contribution in [1.82, 2.24) is 0 Å². The van der Waals surface area contributed by atoms with Gasteiger partial charge in [0.2, 0.25) is 0 Å². The van der Waals surface area contributed by atoms with E-state index in [4.69, 9.17) is 35.9 Å². The molecule has 0 aromatic carbocycles. The number of allylic oxidation sites excluding steroid dienone is 1. The Hall–Kier alpha value is -1.78. The van der Waals surface area contributed by atoms with Gasteiger partial charge in [-0.1, -0.05) is 6.58 Å². The van der Waals surface area contributed by atoms with Crippen molar-refractivity contribution < 1.29 is 50.8 Å². The van der Waals surface area contributed by atoms with Crippen molar-refractivity contribution in [2.45, 2.75) is 19.0 Å². The highest BCUT2D eigenvalue weighted by atomic mass is 32.2. The summed E-state index contributed by atoms with van der Waals surface area (Å²) >= 11 is 0. The molecule has 0 spiro atoms. The van der Waals surface area contributed by atoms with Crippen LogP contribution in [0.5, 0.6) is 0 Å².